The summed E-state index contributed by atoms with van der Waals surface area (Å²) in [7, 11) is 1.53. The van der Waals surface area contributed by atoms with E-state index in [-0.39, 0.29) is 35.9 Å². The Kier molecular flexibility index (Phi) is 6.24. The number of rotatable bonds is 5. The van der Waals surface area contributed by atoms with Crippen LogP contribution in [-0.2, 0) is 17.8 Å². The van der Waals surface area contributed by atoms with Crippen molar-refractivity contribution in [2.45, 2.75) is 64.1 Å². The Balaban J connectivity index is 1.59. The molecule has 2 aliphatic rings. The fraction of sp³-hybridized carbons (Fsp3) is 0.520. The van der Waals surface area contributed by atoms with E-state index < -0.39 is 6.10 Å². The number of aliphatic hydroxyl groups is 1. The van der Waals surface area contributed by atoms with Crippen LogP contribution >= 0.6 is 0 Å². The zero-order valence-corrected chi connectivity index (χ0v) is 18.7. The molecule has 2 aliphatic heterocycles. The summed E-state index contributed by atoms with van der Waals surface area (Å²) in [4.78, 5) is 2.29. The second kappa shape index (κ2) is 8.77. The fourth-order valence-corrected chi connectivity index (χ4v) is 4.64. The van der Waals surface area contributed by atoms with Gasteiger partial charge in [-0.25, -0.2) is 4.39 Å². The molecule has 0 unspecified atom stereocenters. The first kappa shape index (κ1) is 22.1. The lowest BCUT2D eigenvalue weighted by atomic mass is 9.84. The Morgan fingerprint density at radius 3 is 2.61 bits per heavy atom. The van der Waals surface area contributed by atoms with Crippen molar-refractivity contribution >= 4 is 0 Å². The van der Waals surface area contributed by atoms with Gasteiger partial charge < -0.3 is 19.3 Å². The van der Waals surface area contributed by atoms with Crippen molar-refractivity contribution in [1.82, 2.24) is 4.90 Å². The molecule has 168 valence electrons. The fourth-order valence-electron chi connectivity index (χ4n) is 4.64. The highest BCUT2D eigenvalue weighted by molar-refractivity contribution is 5.51. The molecule has 0 bridgehead atoms. The van der Waals surface area contributed by atoms with E-state index in [1.807, 2.05) is 57.2 Å². The summed E-state index contributed by atoms with van der Waals surface area (Å²) >= 11 is 0. The number of hydrogen-bond acceptors (Lipinski definition) is 5. The van der Waals surface area contributed by atoms with Crippen LogP contribution in [0.15, 0.2) is 36.4 Å². The minimum atomic E-state index is -0.602. The maximum atomic E-state index is 15.5. The lowest BCUT2D eigenvalue weighted by molar-refractivity contribution is -0.149. The molecule has 6 heteroatoms. The second-order valence-electron chi connectivity index (χ2n) is 9.40. The third kappa shape index (κ3) is 4.71. The average Bonchev–Trinajstić information content (AvgIpc) is 2.73. The van der Waals surface area contributed by atoms with Crippen molar-refractivity contribution in [1.29, 1.82) is 0 Å². The van der Waals surface area contributed by atoms with Crippen LogP contribution in [0.1, 0.15) is 49.9 Å². The smallest absolute Gasteiger partial charge is 0.197 e. The van der Waals surface area contributed by atoms with Crippen LogP contribution in [0.4, 0.5) is 4.39 Å². The summed E-state index contributed by atoms with van der Waals surface area (Å²) < 4.78 is 33.0. The van der Waals surface area contributed by atoms with E-state index >= 15 is 4.39 Å². The number of benzene rings is 2. The molecule has 0 radical (unpaired) electrons. The standard InChI is InChI=1S/C25H32FNO4/c1-25(2,3)31-22-14-27-11-10-17-18(19(27)13-20(22)28)12-21(29-4)24(23(17)26)30-15-16-8-6-5-7-9-16/h5-9,12,19-20,22,28H,10-11,13-15H2,1-4H3/t19-,20-,22-/m1/s1. The molecule has 1 saturated heterocycles. The highest BCUT2D eigenvalue weighted by atomic mass is 19.1. The molecule has 1 fully saturated rings. The number of methoxy groups -OCH3 is 1. The zero-order valence-electron chi connectivity index (χ0n) is 18.7. The predicted octanol–water partition coefficient (Wildman–Crippen LogP) is 4.26. The van der Waals surface area contributed by atoms with Gasteiger partial charge in [0.1, 0.15) is 6.61 Å². The van der Waals surface area contributed by atoms with Gasteiger partial charge in [-0.2, -0.15) is 0 Å². The topological polar surface area (TPSA) is 51.2 Å². The third-order valence-electron chi connectivity index (χ3n) is 6.03. The lowest BCUT2D eigenvalue weighted by Gasteiger charge is -2.46. The van der Waals surface area contributed by atoms with Crippen LogP contribution in [0.3, 0.4) is 0 Å². The molecule has 0 amide bonds. The van der Waals surface area contributed by atoms with Crippen molar-refractivity contribution in [3.8, 4) is 11.5 Å². The summed E-state index contributed by atoms with van der Waals surface area (Å²) in [5.41, 5.74) is 2.17. The molecule has 2 heterocycles. The molecule has 0 spiro atoms. The minimum absolute atomic E-state index is 0.0647. The molecule has 0 aliphatic carbocycles. The Labute approximate surface area is 183 Å². The van der Waals surface area contributed by atoms with Crippen molar-refractivity contribution in [3.63, 3.8) is 0 Å². The molecule has 3 atom stereocenters. The van der Waals surface area contributed by atoms with Gasteiger partial charge in [-0.05, 0) is 56.4 Å². The first-order valence-electron chi connectivity index (χ1n) is 10.9. The van der Waals surface area contributed by atoms with Gasteiger partial charge in [-0.15, -0.1) is 0 Å². The van der Waals surface area contributed by atoms with Gasteiger partial charge in [0.25, 0.3) is 0 Å². The zero-order chi connectivity index (χ0) is 22.2. The normalized spacial score (nSPS) is 23.7. The van der Waals surface area contributed by atoms with Crippen LogP contribution in [-0.4, -0.2) is 48.0 Å². The Morgan fingerprint density at radius 1 is 1.19 bits per heavy atom. The van der Waals surface area contributed by atoms with Crippen LogP contribution in [0.5, 0.6) is 11.5 Å². The molecule has 31 heavy (non-hydrogen) atoms. The predicted molar refractivity (Wildman–Crippen MR) is 117 cm³/mol. The quantitative estimate of drug-likeness (QED) is 0.770. The highest BCUT2D eigenvalue weighted by Crippen LogP contribution is 2.44. The molecule has 2 aromatic carbocycles. The van der Waals surface area contributed by atoms with E-state index in [9.17, 15) is 5.11 Å². The monoisotopic (exact) mass is 429 g/mol. The summed E-state index contributed by atoms with van der Waals surface area (Å²) in [5, 5.41) is 10.8. The van der Waals surface area contributed by atoms with Gasteiger partial charge >= 0.3 is 0 Å². The largest absolute Gasteiger partial charge is 0.493 e. The molecule has 4 rings (SSSR count). The van der Waals surface area contributed by atoms with Crippen molar-refractivity contribution in [2.75, 3.05) is 20.2 Å². The number of piperidine rings is 1. The Morgan fingerprint density at radius 2 is 1.94 bits per heavy atom. The molecular formula is C25H32FNO4. The van der Waals surface area contributed by atoms with Crippen LogP contribution in [0, 0.1) is 5.82 Å². The van der Waals surface area contributed by atoms with Crippen LogP contribution in [0.2, 0.25) is 0 Å². The summed E-state index contributed by atoms with van der Waals surface area (Å²) in [6, 6.07) is 11.5. The van der Waals surface area contributed by atoms with E-state index in [0.29, 0.717) is 30.7 Å². The summed E-state index contributed by atoms with van der Waals surface area (Å²) in [6.07, 6.45) is 0.231. The molecule has 0 saturated carbocycles. The van der Waals surface area contributed by atoms with Gasteiger partial charge in [0, 0.05) is 19.1 Å². The van der Waals surface area contributed by atoms with Crippen molar-refractivity contribution in [2.24, 2.45) is 0 Å². The van der Waals surface area contributed by atoms with Crippen LogP contribution < -0.4 is 9.47 Å². The molecule has 1 N–H and O–H groups in total. The van der Waals surface area contributed by atoms with E-state index in [2.05, 4.69) is 4.90 Å². The second-order valence-corrected chi connectivity index (χ2v) is 9.40. The van der Waals surface area contributed by atoms with Gasteiger partial charge in [-0.1, -0.05) is 30.3 Å². The van der Waals surface area contributed by atoms with Crippen molar-refractivity contribution in [3.05, 3.63) is 58.9 Å². The van der Waals surface area contributed by atoms with E-state index in [0.717, 1.165) is 17.7 Å². The van der Waals surface area contributed by atoms with Gasteiger partial charge in [-0.3, -0.25) is 4.90 Å². The number of halogens is 1. The van der Waals surface area contributed by atoms with Crippen LogP contribution in [0.25, 0.3) is 0 Å². The molecular weight excluding hydrogens is 397 g/mol. The Hall–Kier alpha value is -2.15. The van der Waals surface area contributed by atoms with Gasteiger partial charge in [0.15, 0.2) is 17.3 Å². The average molecular weight is 430 g/mol. The summed E-state index contributed by atoms with van der Waals surface area (Å²) in [5.74, 6) is 0.188. The Bertz CT molecular complexity index is 912. The van der Waals surface area contributed by atoms with Crippen molar-refractivity contribution < 1.29 is 23.7 Å². The first-order valence-corrected chi connectivity index (χ1v) is 10.9. The summed E-state index contributed by atoms with van der Waals surface area (Å²) in [6.45, 7) is 7.60. The van der Waals surface area contributed by atoms with E-state index in [1.165, 1.54) is 7.11 Å². The SMILES string of the molecule is COc1cc2c(c(F)c1OCc1ccccc1)CCN1C[C@@H](OC(C)(C)C)[C@H](O)C[C@H]21. The minimum Gasteiger partial charge on any atom is -0.493 e. The number of aliphatic hydroxyl groups excluding tert-OH is 1. The highest BCUT2D eigenvalue weighted by Gasteiger charge is 2.41. The first-order chi connectivity index (χ1) is 14.8. The third-order valence-corrected chi connectivity index (χ3v) is 6.03. The van der Waals surface area contributed by atoms with E-state index in [4.69, 9.17) is 14.2 Å². The van der Waals surface area contributed by atoms with Gasteiger partial charge in [0.05, 0.1) is 24.9 Å². The number of fused-ring (bicyclic) bond motifs is 3. The van der Waals surface area contributed by atoms with E-state index in [1.54, 1.807) is 0 Å². The maximum Gasteiger partial charge on any atom is 0.197 e. The molecule has 0 aromatic heterocycles. The van der Waals surface area contributed by atoms with Gasteiger partial charge in [0.2, 0.25) is 0 Å². The number of hydrogen-bond donors (Lipinski definition) is 1. The lowest BCUT2D eigenvalue weighted by Crippen LogP contribution is -2.53. The molecule has 5 nitrogen and oxygen atoms in total. The number of ether oxygens (including phenoxy) is 3. The number of nitrogens with zero attached hydrogens (tertiary/aromatic N) is 1. The molecule has 2 aromatic rings. The maximum absolute atomic E-state index is 15.5.